The van der Waals surface area contributed by atoms with Crippen LogP contribution in [0.5, 0.6) is 0 Å². The normalized spacial score (nSPS) is 14.7. The van der Waals surface area contributed by atoms with Crippen molar-refractivity contribution in [3.05, 3.63) is 51.4 Å². The van der Waals surface area contributed by atoms with E-state index < -0.39 is 0 Å². The first kappa shape index (κ1) is 17.0. The molecule has 3 heterocycles. The van der Waals surface area contributed by atoms with Crippen LogP contribution in [0.15, 0.2) is 36.0 Å². The number of hydrogen-bond donors (Lipinski definition) is 0. The Labute approximate surface area is 159 Å². The predicted molar refractivity (Wildman–Crippen MR) is 101 cm³/mol. The maximum Gasteiger partial charge on any atom is 0.266 e. The van der Waals surface area contributed by atoms with E-state index in [0.717, 1.165) is 29.5 Å². The van der Waals surface area contributed by atoms with Crippen LogP contribution >= 0.6 is 22.9 Å². The molecule has 0 N–H and O–H groups in total. The topological polar surface area (TPSA) is 67.2 Å². The van der Waals surface area contributed by atoms with E-state index in [0.29, 0.717) is 18.0 Å². The number of anilines is 1. The first-order valence-corrected chi connectivity index (χ1v) is 9.50. The summed E-state index contributed by atoms with van der Waals surface area (Å²) in [5.74, 6) is 0.0213. The number of hydrogen-bond acceptors (Lipinski definition) is 6. The van der Waals surface area contributed by atoms with E-state index >= 15 is 0 Å². The molecule has 9 heteroatoms. The van der Waals surface area contributed by atoms with E-state index in [2.05, 4.69) is 27.3 Å². The monoisotopic (exact) mass is 388 g/mol. The number of aryl methyl sites for hydroxylation is 1. The Morgan fingerprint density at radius 2 is 1.96 bits per heavy atom. The second kappa shape index (κ2) is 7.05. The van der Waals surface area contributed by atoms with E-state index in [4.69, 9.17) is 11.6 Å². The number of tetrazole rings is 1. The van der Waals surface area contributed by atoms with Crippen LogP contribution in [0.25, 0.3) is 5.69 Å². The third-order valence-electron chi connectivity index (χ3n) is 4.51. The predicted octanol–water partition coefficient (Wildman–Crippen LogP) is 2.65. The number of carbonyl (C=O) groups excluding carboxylic acids is 1. The third kappa shape index (κ3) is 3.17. The van der Waals surface area contributed by atoms with Gasteiger partial charge in [0.25, 0.3) is 5.91 Å². The molecule has 0 unspecified atom stereocenters. The van der Waals surface area contributed by atoms with Crippen molar-refractivity contribution < 1.29 is 4.79 Å². The molecule has 1 amide bonds. The molecule has 7 nitrogen and oxygen atoms in total. The number of piperazine rings is 1. The Balaban J connectivity index is 1.48. The Bertz CT molecular complexity index is 917. The Hall–Kier alpha value is -2.45. The van der Waals surface area contributed by atoms with Crippen LogP contribution in [0, 0.1) is 6.92 Å². The second-order valence-electron chi connectivity index (χ2n) is 6.10. The Kier molecular flexibility index (Phi) is 4.60. The van der Waals surface area contributed by atoms with Gasteiger partial charge in [0.2, 0.25) is 0 Å². The fourth-order valence-electron chi connectivity index (χ4n) is 3.13. The maximum absolute atomic E-state index is 13.0. The smallest absolute Gasteiger partial charge is 0.266 e. The molecule has 0 radical (unpaired) electrons. The summed E-state index contributed by atoms with van der Waals surface area (Å²) < 4.78 is 1.52. The number of amides is 1. The molecule has 134 valence electrons. The summed E-state index contributed by atoms with van der Waals surface area (Å²) in [6, 6.07) is 7.78. The summed E-state index contributed by atoms with van der Waals surface area (Å²) in [5, 5.41) is 13.8. The summed E-state index contributed by atoms with van der Waals surface area (Å²) in [4.78, 5) is 17.8. The highest BCUT2D eigenvalue weighted by Crippen LogP contribution is 2.27. The van der Waals surface area contributed by atoms with Gasteiger partial charge >= 0.3 is 0 Å². The summed E-state index contributed by atoms with van der Waals surface area (Å²) >= 11 is 7.55. The fourth-order valence-corrected chi connectivity index (χ4v) is 4.14. The van der Waals surface area contributed by atoms with E-state index in [9.17, 15) is 4.79 Å². The molecule has 1 aliphatic rings. The lowest BCUT2D eigenvalue weighted by Gasteiger charge is -2.36. The quantitative estimate of drug-likeness (QED) is 0.690. The highest BCUT2D eigenvalue weighted by atomic mass is 35.5. The van der Waals surface area contributed by atoms with E-state index in [-0.39, 0.29) is 5.91 Å². The lowest BCUT2D eigenvalue weighted by Crippen LogP contribution is -2.49. The van der Waals surface area contributed by atoms with Crippen molar-refractivity contribution in [2.75, 3.05) is 31.1 Å². The average Bonchev–Trinajstić information content (AvgIpc) is 3.34. The summed E-state index contributed by atoms with van der Waals surface area (Å²) in [6.45, 7) is 4.96. The molecule has 3 aromatic rings. The van der Waals surface area contributed by atoms with Gasteiger partial charge in [-0.25, -0.2) is 0 Å². The van der Waals surface area contributed by atoms with E-state index in [1.807, 2.05) is 34.5 Å². The van der Waals surface area contributed by atoms with E-state index in [1.54, 1.807) is 0 Å². The minimum absolute atomic E-state index is 0.0213. The first-order valence-electron chi connectivity index (χ1n) is 8.25. The zero-order chi connectivity index (χ0) is 18.1. The van der Waals surface area contributed by atoms with Crippen LogP contribution in [0.3, 0.4) is 0 Å². The van der Waals surface area contributed by atoms with Gasteiger partial charge in [0.05, 0.1) is 5.69 Å². The molecule has 26 heavy (non-hydrogen) atoms. The van der Waals surface area contributed by atoms with Gasteiger partial charge in [-0.1, -0.05) is 17.7 Å². The number of nitrogens with zero attached hydrogens (tertiary/aromatic N) is 6. The van der Waals surface area contributed by atoms with Crippen molar-refractivity contribution in [2.24, 2.45) is 0 Å². The fraction of sp³-hybridized carbons (Fsp3) is 0.294. The van der Waals surface area contributed by atoms with Crippen molar-refractivity contribution in [3.8, 4) is 5.69 Å². The summed E-state index contributed by atoms with van der Waals surface area (Å²) in [6.07, 6.45) is 1.50. The third-order valence-corrected chi connectivity index (χ3v) is 5.64. The molecule has 0 bridgehead atoms. The summed E-state index contributed by atoms with van der Waals surface area (Å²) in [7, 11) is 0. The summed E-state index contributed by atoms with van der Waals surface area (Å²) in [5.41, 5.74) is 3.04. The zero-order valence-electron chi connectivity index (χ0n) is 14.2. The largest absolute Gasteiger partial charge is 0.368 e. The lowest BCUT2D eigenvalue weighted by atomic mass is 10.1. The molecular weight excluding hydrogens is 372 g/mol. The molecule has 1 aliphatic heterocycles. The molecule has 4 rings (SSSR count). The Morgan fingerprint density at radius 3 is 2.69 bits per heavy atom. The van der Waals surface area contributed by atoms with Gasteiger partial charge < -0.3 is 9.80 Å². The van der Waals surface area contributed by atoms with Crippen molar-refractivity contribution in [2.45, 2.75) is 6.92 Å². The minimum Gasteiger partial charge on any atom is -0.368 e. The van der Waals surface area contributed by atoms with Gasteiger partial charge in [0, 0.05) is 36.9 Å². The maximum atomic E-state index is 13.0. The number of benzene rings is 1. The van der Waals surface area contributed by atoms with Crippen molar-refractivity contribution in [3.63, 3.8) is 0 Å². The van der Waals surface area contributed by atoms with Crippen LogP contribution in [0.1, 0.15) is 15.2 Å². The zero-order valence-corrected chi connectivity index (χ0v) is 15.7. The van der Waals surface area contributed by atoms with Gasteiger partial charge in [0.15, 0.2) is 0 Å². The lowest BCUT2D eigenvalue weighted by molar-refractivity contribution is 0.0751. The van der Waals surface area contributed by atoms with Gasteiger partial charge in [-0.05, 0) is 46.5 Å². The number of thiophene rings is 1. The molecule has 0 spiro atoms. The van der Waals surface area contributed by atoms with Crippen molar-refractivity contribution in [1.82, 2.24) is 25.1 Å². The highest BCUT2D eigenvalue weighted by Gasteiger charge is 2.26. The number of rotatable bonds is 3. The van der Waals surface area contributed by atoms with Crippen LogP contribution in [0.2, 0.25) is 5.02 Å². The van der Waals surface area contributed by atoms with E-state index in [1.165, 1.54) is 27.9 Å². The van der Waals surface area contributed by atoms with Crippen molar-refractivity contribution >= 4 is 34.5 Å². The van der Waals surface area contributed by atoms with Gasteiger partial charge in [0.1, 0.15) is 11.2 Å². The highest BCUT2D eigenvalue weighted by molar-refractivity contribution is 7.12. The molecule has 2 aromatic heterocycles. The number of carbonyl (C=O) groups is 1. The molecule has 0 saturated carbocycles. The van der Waals surface area contributed by atoms with Gasteiger partial charge in [-0.2, -0.15) is 4.68 Å². The van der Waals surface area contributed by atoms with Crippen LogP contribution in [0.4, 0.5) is 5.69 Å². The molecule has 1 fully saturated rings. The number of aromatic nitrogens is 4. The molecule has 0 aliphatic carbocycles. The van der Waals surface area contributed by atoms with Crippen LogP contribution in [-0.4, -0.2) is 57.2 Å². The molecule has 1 aromatic carbocycles. The van der Waals surface area contributed by atoms with Crippen molar-refractivity contribution in [1.29, 1.82) is 0 Å². The van der Waals surface area contributed by atoms with Gasteiger partial charge in [-0.15, -0.1) is 16.4 Å². The number of halogens is 1. The minimum atomic E-state index is 0.0213. The Morgan fingerprint density at radius 1 is 1.15 bits per heavy atom. The first-order chi connectivity index (χ1) is 12.6. The molecular formula is C17H17ClN6OS. The average molecular weight is 389 g/mol. The van der Waals surface area contributed by atoms with Crippen LogP contribution < -0.4 is 4.90 Å². The standard InChI is InChI=1S/C17H17ClN6OS/c1-12-2-3-13(18)10-15(12)22-5-7-23(8-6-22)17(25)16-14(4-9-26-16)24-11-19-20-21-24/h2-4,9-11H,5-8H2,1H3. The molecule has 1 saturated heterocycles. The van der Waals surface area contributed by atoms with Gasteiger partial charge in [-0.3, -0.25) is 4.79 Å². The molecule has 0 atom stereocenters. The van der Waals surface area contributed by atoms with Crippen LogP contribution in [-0.2, 0) is 0 Å². The second-order valence-corrected chi connectivity index (χ2v) is 7.45. The SMILES string of the molecule is Cc1ccc(Cl)cc1N1CCN(C(=O)c2sccc2-n2cnnn2)CC1.